The van der Waals surface area contributed by atoms with Crippen LogP contribution in [0.4, 0.5) is 0 Å². The molecule has 0 amide bonds. The summed E-state index contributed by atoms with van der Waals surface area (Å²) in [4.78, 5) is 8.56. The second-order valence-corrected chi connectivity index (χ2v) is 4.39. The van der Waals surface area contributed by atoms with Gasteiger partial charge in [0, 0.05) is 11.6 Å². The molecule has 0 N–H and O–H groups in total. The van der Waals surface area contributed by atoms with Gasteiger partial charge in [-0.15, -0.1) is 11.3 Å². The number of thiazole rings is 1. The molecular formula is C13H8N2S. The Morgan fingerprint density at radius 1 is 1.12 bits per heavy atom. The molecule has 0 spiro atoms. The Hall–Kier alpha value is -1.96. The Morgan fingerprint density at radius 3 is 2.88 bits per heavy atom. The second-order valence-electron chi connectivity index (χ2n) is 3.36. The number of aliphatic imine (C=N–C) groups is 1. The maximum Gasteiger partial charge on any atom is 0.124 e. The third-order valence-corrected chi connectivity index (χ3v) is 3.36. The lowest BCUT2D eigenvalue weighted by atomic mass is 10.2. The van der Waals surface area contributed by atoms with Gasteiger partial charge in [0.05, 0.1) is 10.7 Å². The molecular weight excluding hydrogens is 216 g/mol. The van der Waals surface area contributed by atoms with Gasteiger partial charge >= 0.3 is 0 Å². The molecule has 0 aliphatic carbocycles. The lowest BCUT2D eigenvalue weighted by Crippen LogP contribution is -2.19. The first-order valence-electron chi connectivity index (χ1n) is 4.95. The first kappa shape index (κ1) is 9.28. The molecule has 1 aromatic heterocycles. The van der Waals surface area contributed by atoms with Crippen LogP contribution < -0.4 is 9.88 Å². The quantitative estimate of drug-likeness (QED) is 0.721. The van der Waals surface area contributed by atoms with Crippen LogP contribution in [0.2, 0.25) is 0 Å². The monoisotopic (exact) mass is 224 g/mol. The van der Waals surface area contributed by atoms with Crippen molar-refractivity contribution in [1.29, 1.82) is 0 Å². The Morgan fingerprint density at radius 2 is 2.00 bits per heavy atom. The van der Waals surface area contributed by atoms with Crippen LogP contribution in [0, 0.1) is 0 Å². The van der Waals surface area contributed by atoms with Gasteiger partial charge in [0.15, 0.2) is 0 Å². The highest BCUT2D eigenvalue weighted by molar-refractivity contribution is 7.13. The molecule has 0 bridgehead atoms. The predicted molar refractivity (Wildman–Crippen MR) is 67.7 cm³/mol. The highest BCUT2D eigenvalue weighted by Crippen LogP contribution is 2.17. The number of benzene rings is 1. The molecule has 2 heterocycles. The molecule has 0 fully saturated rings. The van der Waals surface area contributed by atoms with Crippen LogP contribution in [0.3, 0.4) is 0 Å². The smallest absolute Gasteiger partial charge is 0.124 e. The summed E-state index contributed by atoms with van der Waals surface area (Å²) in [6.45, 7) is 0. The Kier molecular flexibility index (Phi) is 2.26. The standard InChI is InChI=1S/C13H8N2S/c1-2-5-10(6-3-1)13-15-11-9-14-8-4-7-12(11)16-13/h1-7,9H. The molecule has 3 rings (SSSR count). The fourth-order valence-electron chi connectivity index (χ4n) is 1.51. The van der Waals surface area contributed by atoms with Gasteiger partial charge in [-0.25, -0.2) is 9.98 Å². The molecule has 0 atom stereocenters. The third kappa shape index (κ3) is 1.63. The van der Waals surface area contributed by atoms with E-state index in [0.717, 1.165) is 20.5 Å². The van der Waals surface area contributed by atoms with Gasteiger partial charge in [0.1, 0.15) is 10.4 Å². The highest BCUT2D eigenvalue weighted by Gasteiger charge is 2.02. The van der Waals surface area contributed by atoms with Crippen LogP contribution in [0.1, 0.15) is 0 Å². The summed E-state index contributed by atoms with van der Waals surface area (Å²) in [7, 11) is 0. The zero-order valence-electron chi connectivity index (χ0n) is 8.42. The molecule has 3 heteroatoms. The summed E-state index contributed by atoms with van der Waals surface area (Å²) >= 11 is 1.67. The van der Waals surface area contributed by atoms with E-state index in [2.05, 4.69) is 28.0 Å². The number of nitrogens with zero attached hydrogens (tertiary/aromatic N) is 2. The van der Waals surface area contributed by atoms with Crippen LogP contribution in [-0.2, 0) is 0 Å². The van der Waals surface area contributed by atoms with Crippen molar-refractivity contribution >= 4 is 29.5 Å². The van der Waals surface area contributed by atoms with Gasteiger partial charge in [-0.2, -0.15) is 0 Å². The SMILES string of the molecule is C1=CC=c2sc(-c3ccccc3)nc2=CN=1. The van der Waals surface area contributed by atoms with E-state index in [-0.39, 0.29) is 0 Å². The molecule has 2 nitrogen and oxygen atoms in total. The van der Waals surface area contributed by atoms with Gasteiger partial charge < -0.3 is 0 Å². The number of aromatic nitrogens is 1. The first-order chi connectivity index (χ1) is 7.93. The van der Waals surface area contributed by atoms with Crippen molar-refractivity contribution < 1.29 is 0 Å². The predicted octanol–water partition coefficient (Wildman–Crippen LogP) is 1.57. The van der Waals surface area contributed by atoms with Gasteiger partial charge in [0.2, 0.25) is 0 Å². The number of hydrogen-bond acceptors (Lipinski definition) is 3. The Balaban J connectivity index is 2.22. The normalized spacial score (nSPS) is 12.5. The van der Waals surface area contributed by atoms with E-state index in [4.69, 9.17) is 0 Å². The van der Waals surface area contributed by atoms with Gasteiger partial charge in [-0.3, -0.25) is 0 Å². The van der Waals surface area contributed by atoms with Crippen LogP contribution in [-0.4, -0.2) is 10.9 Å². The molecule has 0 saturated heterocycles. The van der Waals surface area contributed by atoms with Gasteiger partial charge in [-0.05, 0) is 11.9 Å². The van der Waals surface area contributed by atoms with Crippen LogP contribution in [0.25, 0.3) is 22.8 Å². The maximum absolute atomic E-state index is 4.56. The lowest BCUT2D eigenvalue weighted by molar-refractivity contribution is 1.31. The average molecular weight is 224 g/mol. The minimum absolute atomic E-state index is 0.921. The molecule has 0 radical (unpaired) electrons. The summed E-state index contributed by atoms with van der Waals surface area (Å²) in [6, 6.07) is 10.2. The van der Waals surface area contributed by atoms with Crippen LogP contribution >= 0.6 is 11.3 Å². The second kappa shape index (κ2) is 3.89. The molecule has 16 heavy (non-hydrogen) atoms. The topological polar surface area (TPSA) is 25.2 Å². The van der Waals surface area contributed by atoms with Crippen LogP contribution in [0.15, 0.2) is 41.4 Å². The summed E-state index contributed by atoms with van der Waals surface area (Å²) in [5.41, 5.74) is 1.15. The van der Waals surface area contributed by atoms with Crippen molar-refractivity contribution in [2.24, 2.45) is 4.99 Å². The molecule has 0 saturated carbocycles. The van der Waals surface area contributed by atoms with E-state index in [1.807, 2.05) is 30.4 Å². The minimum atomic E-state index is 0.921. The van der Waals surface area contributed by atoms with Crippen molar-refractivity contribution in [2.75, 3.05) is 0 Å². The Labute approximate surface area is 96.6 Å². The molecule has 76 valence electrons. The summed E-state index contributed by atoms with van der Waals surface area (Å²) in [6.07, 6.45) is 5.56. The van der Waals surface area contributed by atoms with Gasteiger partial charge in [0.25, 0.3) is 0 Å². The Bertz CT molecular complexity index is 652. The number of fused-ring (bicyclic) bond motifs is 1. The zero-order chi connectivity index (χ0) is 10.8. The van der Waals surface area contributed by atoms with E-state index >= 15 is 0 Å². The van der Waals surface area contributed by atoms with Crippen molar-refractivity contribution in [3.63, 3.8) is 0 Å². The van der Waals surface area contributed by atoms with Crippen molar-refractivity contribution in [2.45, 2.75) is 0 Å². The van der Waals surface area contributed by atoms with Crippen molar-refractivity contribution in [3.8, 4) is 10.6 Å². The largest absolute Gasteiger partial charge is 0.234 e. The fourth-order valence-corrected chi connectivity index (χ4v) is 2.46. The molecule has 1 aliphatic heterocycles. The number of allylic oxidation sites excluding steroid dienone is 1. The van der Waals surface area contributed by atoms with E-state index in [9.17, 15) is 0 Å². The molecule has 1 aromatic carbocycles. The molecule has 2 aromatic rings. The molecule has 1 aliphatic rings. The van der Waals surface area contributed by atoms with Crippen molar-refractivity contribution in [1.82, 2.24) is 4.98 Å². The number of hydrogen-bond donors (Lipinski definition) is 0. The average Bonchev–Trinajstić information content (AvgIpc) is 2.62. The highest BCUT2D eigenvalue weighted by atomic mass is 32.1. The molecule has 0 unspecified atom stereocenters. The van der Waals surface area contributed by atoms with Gasteiger partial charge in [-0.1, -0.05) is 30.3 Å². The maximum atomic E-state index is 4.56. The minimum Gasteiger partial charge on any atom is -0.234 e. The first-order valence-corrected chi connectivity index (χ1v) is 5.76. The van der Waals surface area contributed by atoms with Crippen molar-refractivity contribution in [3.05, 3.63) is 46.3 Å². The zero-order valence-corrected chi connectivity index (χ0v) is 9.24. The van der Waals surface area contributed by atoms with E-state index in [1.54, 1.807) is 17.5 Å². The van der Waals surface area contributed by atoms with Crippen LogP contribution in [0.5, 0.6) is 0 Å². The van der Waals surface area contributed by atoms with E-state index < -0.39 is 0 Å². The summed E-state index contributed by atoms with van der Waals surface area (Å²) in [5.74, 6) is 2.80. The fraction of sp³-hybridized carbons (Fsp3) is 0. The third-order valence-electron chi connectivity index (χ3n) is 2.27. The van der Waals surface area contributed by atoms with E-state index in [1.165, 1.54) is 0 Å². The summed E-state index contributed by atoms with van der Waals surface area (Å²) in [5, 5.41) is 1.95. The van der Waals surface area contributed by atoms with E-state index in [0.29, 0.717) is 0 Å². The lowest BCUT2D eigenvalue weighted by Gasteiger charge is -1.92. The number of rotatable bonds is 1. The summed E-state index contributed by atoms with van der Waals surface area (Å²) < 4.78 is 1.13.